The summed E-state index contributed by atoms with van der Waals surface area (Å²) < 4.78 is 63.4. The van der Waals surface area contributed by atoms with Crippen LogP contribution < -0.4 is 10.1 Å². The second kappa shape index (κ2) is 11.1. The summed E-state index contributed by atoms with van der Waals surface area (Å²) in [6, 6.07) is 19.2. The van der Waals surface area contributed by atoms with Crippen molar-refractivity contribution in [2.75, 3.05) is 39.1 Å². The van der Waals surface area contributed by atoms with Crippen LogP contribution in [0, 0.1) is 0 Å². The fourth-order valence-corrected chi connectivity index (χ4v) is 7.42. The summed E-state index contributed by atoms with van der Waals surface area (Å²) in [7, 11) is -6.93. The highest BCUT2D eigenvalue weighted by Gasteiger charge is 2.44. The molecule has 2 saturated heterocycles. The molecule has 0 saturated carbocycles. The maximum atomic E-state index is 13.3. The molecule has 0 aromatic heterocycles. The predicted molar refractivity (Wildman–Crippen MR) is 148 cm³/mol. The number of nitrogens with zero attached hydrogens (tertiary/aromatic N) is 1. The third-order valence-corrected chi connectivity index (χ3v) is 10.5. The zero-order valence-electron chi connectivity index (χ0n) is 21.8. The molecule has 11 heteroatoms. The molecule has 2 N–H and O–H groups in total. The summed E-state index contributed by atoms with van der Waals surface area (Å²) in [6.07, 6.45) is 2.30. The van der Waals surface area contributed by atoms with Gasteiger partial charge in [0, 0.05) is 31.9 Å². The van der Waals surface area contributed by atoms with E-state index in [2.05, 4.69) is 5.32 Å². The van der Waals surface area contributed by atoms with E-state index in [4.69, 9.17) is 9.47 Å². The Kier molecular flexibility index (Phi) is 8.01. The number of sulfonamides is 1. The number of aliphatic hydroxyl groups excluding tert-OH is 1. The largest absolute Gasteiger partial charge is 0.491 e. The molecular formula is C28H34N2O7S2. The molecule has 0 amide bonds. The molecule has 2 aliphatic rings. The van der Waals surface area contributed by atoms with Crippen LogP contribution in [0.2, 0.25) is 0 Å². The molecule has 2 atom stereocenters. The zero-order chi connectivity index (χ0) is 27.7. The summed E-state index contributed by atoms with van der Waals surface area (Å²) in [6.45, 7) is 1.58. The molecule has 5 rings (SSSR count). The van der Waals surface area contributed by atoms with Gasteiger partial charge in [-0.1, -0.05) is 36.4 Å². The Hall–Kier alpha value is -2.54. The molecular weight excluding hydrogens is 540 g/mol. The van der Waals surface area contributed by atoms with Gasteiger partial charge < -0.3 is 19.9 Å². The van der Waals surface area contributed by atoms with Gasteiger partial charge in [-0.3, -0.25) is 0 Å². The Morgan fingerprint density at radius 2 is 1.74 bits per heavy atom. The second-order valence-electron chi connectivity index (χ2n) is 10.4. The molecule has 3 aromatic rings. The Labute approximate surface area is 229 Å². The average molecular weight is 575 g/mol. The number of hydrogen-bond donors (Lipinski definition) is 2. The van der Waals surface area contributed by atoms with Crippen LogP contribution in [0.15, 0.2) is 76.5 Å². The number of nitrogens with one attached hydrogen (secondary N) is 1. The smallest absolute Gasteiger partial charge is 0.243 e. The van der Waals surface area contributed by atoms with E-state index in [-0.39, 0.29) is 23.1 Å². The van der Waals surface area contributed by atoms with E-state index in [1.807, 2.05) is 30.3 Å². The third-order valence-electron chi connectivity index (χ3n) is 7.52. The maximum absolute atomic E-state index is 13.3. The minimum Gasteiger partial charge on any atom is -0.491 e. The third kappa shape index (κ3) is 6.45. The van der Waals surface area contributed by atoms with Gasteiger partial charge in [0.15, 0.2) is 9.84 Å². The highest BCUT2D eigenvalue weighted by atomic mass is 32.2. The van der Waals surface area contributed by atoms with Crippen LogP contribution in [0.1, 0.15) is 19.3 Å². The second-order valence-corrected chi connectivity index (χ2v) is 14.4. The quantitative estimate of drug-likeness (QED) is 0.400. The van der Waals surface area contributed by atoms with Crippen molar-refractivity contribution < 1.29 is 31.4 Å². The zero-order valence-corrected chi connectivity index (χ0v) is 23.5. The van der Waals surface area contributed by atoms with Gasteiger partial charge in [0.05, 0.1) is 22.0 Å². The van der Waals surface area contributed by atoms with Crippen molar-refractivity contribution in [1.29, 1.82) is 0 Å². The molecule has 1 spiro atoms. The standard InChI is InChI=1S/C28H34N2O7S2/c1-38(32,33)26-8-4-7-25(16-26)36-20-24(31)18-29-23-17-28(37-19-23)11-13-30(14-12-28)39(34,35)27-10-9-21-5-2-3-6-22(21)15-27/h2-10,15-16,23-24,29,31H,11-14,17-20H2,1H3/t23-,24-/m1/s1. The van der Waals surface area contributed by atoms with Crippen LogP contribution in [-0.4, -0.2) is 83.1 Å². The van der Waals surface area contributed by atoms with Gasteiger partial charge >= 0.3 is 0 Å². The molecule has 2 heterocycles. The van der Waals surface area contributed by atoms with E-state index < -0.39 is 26.0 Å². The van der Waals surface area contributed by atoms with Crippen molar-refractivity contribution in [1.82, 2.24) is 9.62 Å². The highest BCUT2D eigenvalue weighted by Crippen LogP contribution is 2.37. The predicted octanol–water partition coefficient (Wildman–Crippen LogP) is 2.59. The minimum atomic E-state index is -3.59. The van der Waals surface area contributed by atoms with Gasteiger partial charge in [0.1, 0.15) is 18.5 Å². The van der Waals surface area contributed by atoms with Crippen molar-refractivity contribution in [3.63, 3.8) is 0 Å². The topological polar surface area (TPSA) is 122 Å². The minimum absolute atomic E-state index is 0.0144. The molecule has 39 heavy (non-hydrogen) atoms. The Bertz CT molecular complexity index is 1530. The summed E-state index contributed by atoms with van der Waals surface area (Å²) in [5.41, 5.74) is -0.374. The Morgan fingerprint density at radius 1 is 1.00 bits per heavy atom. The van der Waals surface area contributed by atoms with Crippen LogP contribution in [0.4, 0.5) is 0 Å². The van der Waals surface area contributed by atoms with Crippen LogP contribution in [0.25, 0.3) is 10.8 Å². The fraction of sp³-hybridized carbons (Fsp3) is 0.429. The van der Waals surface area contributed by atoms with Gasteiger partial charge in [-0.25, -0.2) is 16.8 Å². The van der Waals surface area contributed by atoms with Crippen LogP contribution in [0.3, 0.4) is 0 Å². The van der Waals surface area contributed by atoms with Crippen LogP contribution in [0.5, 0.6) is 5.75 Å². The van der Waals surface area contributed by atoms with Crippen LogP contribution >= 0.6 is 0 Å². The molecule has 9 nitrogen and oxygen atoms in total. The lowest BCUT2D eigenvalue weighted by atomic mass is 9.88. The molecule has 0 aliphatic carbocycles. The van der Waals surface area contributed by atoms with Crippen molar-refractivity contribution in [2.24, 2.45) is 0 Å². The first kappa shape index (κ1) is 28.0. The summed E-state index contributed by atoms with van der Waals surface area (Å²) in [4.78, 5) is 0.473. The monoisotopic (exact) mass is 574 g/mol. The van der Waals surface area contributed by atoms with Crippen molar-refractivity contribution in [2.45, 2.75) is 46.8 Å². The van der Waals surface area contributed by atoms with E-state index in [0.717, 1.165) is 23.4 Å². The number of fused-ring (bicyclic) bond motifs is 1. The number of ether oxygens (including phenoxy) is 2. The van der Waals surface area contributed by atoms with Gasteiger partial charge in [0.2, 0.25) is 10.0 Å². The molecule has 3 aromatic carbocycles. The molecule has 2 fully saturated rings. The van der Waals surface area contributed by atoms with Gasteiger partial charge in [-0.05, 0) is 60.4 Å². The molecule has 210 valence electrons. The van der Waals surface area contributed by atoms with Gasteiger partial charge in [-0.15, -0.1) is 0 Å². The average Bonchev–Trinajstić information content (AvgIpc) is 3.32. The Balaban J connectivity index is 1.10. The SMILES string of the molecule is CS(=O)(=O)c1cccc(OC[C@H](O)CN[C@H]2COC3(CCN(S(=O)(=O)c4ccc5ccccc5c4)CC3)C2)c1. The molecule has 0 bridgehead atoms. The van der Waals surface area contributed by atoms with Gasteiger partial charge in [0.25, 0.3) is 0 Å². The van der Waals surface area contributed by atoms with E-state index in [1.54, 1.807) is 28.6 Å². The first-order valence-electron chi connectivity index (χ1n) is 13.0. The van der Waals surface area contributed by atoms with E-state index in [1.165, 1.54) is 12.1 Å². The number of rotatable bonds is 9. The normalized spacial score (nSPS) is 20.8. The summed E-state index contributed by atoms with van der Waals surface area (Å²) in [5, 5.41) is 15.6. The lowest BCUT2D eigenvalue weighted by molar-refractivity contribution is -0.0312. The molecule has 0 radical (unpaired) electrons. The number of piperidine rings is 1. The lowest BCUT2D eigenvalue weighted by Gasteiger charge is -2.38. The van der Waals surface area contributed by atoms with Gasteiger partial charge in [-0.2, -0.15) is 4.31 Å². The molecule has 0 unspecified atom stereocenters. The first-order valence-corrected chi connectivity index (χ1v) is 16.3. The van der Waals surface area contributed by atoms with Crippen molar-refractivity contribution in [3.8, 4) is 5.75 Å². The first-order chi connectivity index (χ1) is 18.5. The van der Waals surface area contributed by atoms with Crippen LogP contribution in [-0.2, 0) is 24.6 Å². The van der Waals surface area contributed by atoms with E-state index >= 15 is 0 Å². The number of aliphatic hydroxyl groups is 1. The number of benzene rings is 3. The lowest BCUT2D eigenvalue weighted by Crippen LogP contribution is -2.47. The van der Waals surface area contributed by atoms with Crippen molar-refractivity contribution in [3.05, 3.63) is 66.7 Å². The van der Waals surface area contributed by atoms with E-state index in [0.29, 0.717) is 49.7 Å². The highest BCUT2D eigenvalue weighted by molar-refractivity contribution is 7.90. The molecule has 2 aliphatic heterocycles. The summed E-state index contributed by atoms with van der Waals surface area (Å²) in [5.74, 6) is 0.380. The number of hydrogen-bond acceptors (Lipinski definition) is 8. The fourth-order valence-electron chi connectivity index (χ4n) is 5.28. The van der Waals surface area contributed by atoms with E-state index in [9.17, 15) is 21.9 Å². The summed E-state index contributed by atoms with van der Waals surface area (Å²) >= 11 is 0. The van der Waals surface area contributed by atoms with Crippen molar-refractivity contribution >= 4 is 30.6 Å². The Morgan fingerprint density at radius 3 is 2.49 bits per heavy atom. The maximum Gasteiger partial charge on any atom is 0.243 e. The number of sulfone groups is 1.